The van der Waals surface area contributed by atoms with Gasteiger partial charge < -0.3 is 9.64 Å². The van der Waals surface area contributed by atoms with Crippen LogP contribution in [0.3, 0.4) is 0 Å². The number of nitrogens with zero attached hydrogens (tertiary/aromatic N) is 5. The molecule has 23 heavy (non-hydrogen) atoms. The van der Waals surface area contributed by atoms with Gasteiger partial charge in [-0.05, 0) is 29.3 Å². The molecule has 1 fully saturated rings. The minimum absolute atomic E-state index is 0.124. The van der Waals surface area contributed by atoms with Crippen LogP contribution in [0.2, 0.25) is 0 Å². The van der Waals surface area contributed by atoms with Crippen molar-refractivity contribution in [3.63, 3.8) is 0 Å². The highest BCUT2D eigenvalue weighted by molar-refractivity contribution is 5.79. The van der Waals surface area contributed by atoms with Gasteiger partial charge in [0.25, 0.3) is 0 Å². The second-order valence-electron chi connectivity index (χ2n) is 5.96. The number of carbonyl (C=O) groups excluding carboxylic acids is 1. The van der Waals surface area contributed by atoms with Crippen LogP contribution >= 0.6 is 0 Å². The van der Waals surface area contributed by atoms with Gasteiger partial charge in [0.15, 0.2) is 5.82 Å². The average Bonchev–Trinajstić information content (AvgIpc) is 3.13. The van der Waals surface area contributed by atoms with E-state index in [9.17, 15) is 4.79 Å². The fourth-order valence-electron chi connectivity index (χ4n) is 3.14. The van der Waals surface area contributed by atoms with Gasteiger partial charge >= 0.3 is 0 Å². The molecule has 0 radical (unpaired) electrons. The molecular weight excluding hydrogens is 294 g/mol. The van der Waals surface area contributed by atoms with Gasteiger partial charge in [-0.2, -0.15) is 0 Å². The lowest BCUT2D eigenvalue weighted by Gasteiger charge is -2.33. The molecule has 1 aliphatic rings. The topological polar surface area (TPSA) is 73.1 Å². The summed E-state index contributed by atoms with van der Waals surface area (Å²) < 4.78 is 6.92. The summed E-state index contributed by atoms with van der Waals surface area (Å²) in [4.78, 5) is 14.1. The zero-order valence-electron chi connectivity index (χ0n) is 13.5. The lowest BCUT2D eigenvalue weighted by molar-refractivity contribution is -0.132. The smallest absolute Gasteiger partial charge is 0.223 e. The molecule has 2 heterocycles. The summed E-state index contributed by atoms with van der Waals surface area (Å²) in [6.45, 7) is 3.66. The first-order valence-electron chi connectivity index (χ1n) is 7.75. The van der Waals surface area contributed by atoms with Crippen LogP contribution in [-0.4, -0.2) is 51.3 Å². The van der Waals surface area contributed by atoms with Crippen molar-refractivity contribution < 1.29 is 9.53 Å². The Hall–Kier alpha value is -2.28. The van der Waals surface area contributed by atoms with Crippen molar-refractivity contribution in [1.29, 1.82) is 0 Å². The van der Waals surface area contributed by atoms with E-state index in [1.165, 1.54) is 0 Å². The van der Waals surface area contributed by atoms with Gasteiger partial charge in [-0.15, -0.1) is 5.10 Å². The molecule has 1 atom stereocenters. The Morgan fingerprint density at radius 1 is 1.30 bits per heavy atom. The lowest BCUT2D eigenvalue weighted by atomic mass is 9.97. The zero-order chi connectivity index (χ0) is 16.3. The zero-order valence-corrected chi connectivity index (χ0v) is 13.5. The predicted molar refractivity (Wildman–Crippen MR) is 83.5 cm³/mol. The van der Waals surface area contributed by atoms with Gasteiger partial charge in [-0.1, -0.05) is 30.3 Å². The summed E-state index contributed by atoms with van der Waals surface area (Å²) in [5, 5.41) is 12.2. The van der Waals surface area contributed by atoms with E-state index < -0.39 is 5.54 Å². The van der Waals surface area contributed by atoms with Crippen LogP contribution in [0.4, 0.5) is 0 Å². The van der Waals surface area contributed by atoms with Crippen LogP contribution in [0.5, 0.6) is 0 Å². The van der Waals surface area contributed by atoms with E-state index in [0.29, 0.717) is 32.5 Å². The number of likely N-dealkylation sites (tertiary alicyclic amines) is 1. The van der Waals surface area contributed by atoms with Crippen LogP contribution in [0.1, 0.15) is 31.2 Å². The van der Waals surface area contributed by atoms with Gasteiger partial charge in [0.2, 0.25) is 5.91 Å². The monoisotopic (exact) mass is 315 g/mol. The molecular formula is C16H21N5O2. The molecule has 3 rings (SSSR count). The summed E-state index contributed by atoms with van der Waals surface area (Å²) in [6.07, 6.45) is 1.23. The minimum Gasteiger partial charge on any atom is -0.383 e. The first-order chi connectivity index (χ1) is 11.1. The standard InChI is InChI=1S/C16H21N5O2/c1-16(9-8-14(22)20(16)10-11-23-2)15-17-18-19-21(15)12-13-6-4-3-5-7-13/h3-7H,8-12H2,1-2H3. The molecule has 7 heteroatoms. The molecule has 0 spiro atoms. The van der Waals surface area contributed by atoms with E-state index in [2.05, 4.69) is 15.5 Å². The molecule has 1 aromatic carbocycles. The third kappa shape index (κ3) is 2.96. The van der Waals surface area contributed by atoms with Crippen LogP contribution < -0.4 is 0 Å². The third-order valence-electron chi connectivity index (χ3n) is 4.43. The maximum Gasteiger partial charge on any atom is 0.223 e. The van der Waals surface area contributed by atoms with Crippen molar-refractivity contribution in [1.82, 2.24) is 25.1 Å². The highest BCUT2D eigenvalue weighted by Gasteiger charge is 2.46. The largest absolute Gasteiger partial charge is 0.383 e. The number of tetrazole rings is 1. The Kier molecular flexibility index (Phi) is 4.38. The van der Waals surface area contributed by atoms with Gasteiger partial charge in [0.1, 0.15) is 5.54 Å². The quantitative estimate of drug-likeness (QED) is 0.801. The Bertz CT molecular complexity index is 672. The van der Waals surface area contributed by atoms with E-state index in [4.69, 9.17) is 4.74 Å². The summed E-state index contributed by atoms with van der Waals surface area (Å²) in [7, 11) is 1.64. The molecule has 0 aliphatic carbocycles. The van der Waals surface area contributed by atoms with Crippen molar-refractivity contribution in [3.05, 3.63) is 41.7 Å². The second kappa shape index (κ2) is 6.45. The fourth-order valence-corrected chi connectivity index (χ4v) is 3.14. The Balaban J connectivity index is 1.88. The maximum absolute atomic E-state index is 12.3. The van der Waals surface area contributed by atoms with Crippen molar-refractivity contribution in [2.45, 2.75) is 31.8 Å². The molecule has 1 aliphatic heterocycles. The number of amides is 1. The van der Waals surface area contributed by atoms with Crippen LogP contribution in [0.25, 0.3) is 0 Å². The number of methoxy groups -OCH3 is 1. The summed E-state index contributed by atoms with van der Waals surface area (Å²) in [5.41, 5.74) is 0.630. The molecule has 1 aromatic heterocycles. The van der Waals surface area contributed by atoms with Crippen molar-refractivity contribution >= 4 is 5.91 Å². The number of carbonyl (C=O) groups is 1. The van der Waals surface area contributed by atoms with Crippen molar-refractivity contribution in [2.75, 3.05) is 20.3 Å². The number of hydrogen-bond donors (Lipinski definition) is 0. The molecule has 2 aromatic rings. The fraction of sp³-hybridized carbons (Fsp3) is 0.500. The van der Waals surface area contributed by atoms with E-state index in [0.717, 1.165) is 11.4 Å². The predicted octanol–water partition coefficient (Wildman–Crippen LogP) is 1.21. The lowest BCUT2D eigenvalue weighted by Crippen LogP contribution is -2.44. The normalized spacial score (nSPS) is 21.1. The first kappa shape index (κ1) is 15.6. The van der Waals surface area contributed by atoms with Gasteiger partial charge in [-0.3, -0.25) is 4.79 Å². The van der Waals surface area contributed by atoms with E-state index >= 15 is 0 Å². The second-order valence-corrected chi connectivity index (χ2v) is 5.96. The molecule has 0 N–H and O–H groups in total. The maximum atomic E-state index is 12.3. The van der Waals surface area contributed by atoms with Crippen LogP contribution in [0, 0.1) is 0 Å². The van der Waals surface area contributed by atoms with Crippen LogP contribution in [0.15, 0.2) is 30.3 Å². The summed E-state index contributed by atoms with van der Waals surface area (Å²) >= 11 is 0. The van der Waals surface area contributed by atoms with Gasteiger partial charge in [0.05, 0.1) is 13.2 Å². The van der Waals surface area contributed by atoms with Gasteiger partial charge in [-0.25, -0.2) is 4.68 Å². The number of rotatable bonds is 6. The molecule has 0 saturated carbocycles. The SMILES string of the molecule is COCCN1C(=O)CCC1(C)c1nnnn1Cc1ccccc1. The summed E-state index contributed by atoms with van der Waals surface area (Å²) in [6, 6.07) is 10.0. The van der Waals surface area contributed by atoms with E-state index in [-0.39, 0.29) is 5.91 Å². The molecule has 0 bridgehead atoms. The molecule has 1 saturated heterocycles. The Labute approximate surface area is 135 Å². The number of ether oxygens (including phenoxy) is 1. The molecule has 122 valence electrons. The highest BCUT2D eigenvalue weighted by atomic mass is 16.5. The van der Waals surface area contributed by atoms with E-state index in [1.54, 1.807) is 11.8 Å². The summed E-state index contributed by atoms with van der Waals surface area (Å²) in [5.74, 6) is 0.849. The highest BCUT2D eigenvalue weighted by Crippen LogP contribution is 2.37. The number of hydrogen-bond acceptors (Lipinski definition) is 5. The van der Waals surface area contributed by atoms with Crippen molar-refractivity contribution in [2.24, 2.45) is 0 Å². The Morgan fingerprint density at radius 3 is 2.83 bits per heavy atom. The van der Waals surface area contributed by atoms with Gasteiger partial charge in [0, 0.05) is 20.1 Å². The number of aromatic nitrogens is 4. The minimum atomic E-state index is -0.492. The average molecular weight is 315 g/mol. The van der Waals surface area contributed by atoms with Crippen LogP contribution in [-0.2, 0) is 21.6 Å². The Morgan fingerprint density at radius 2 is 2.09 bits per heavy atom. The van der Waals surface area contributed by atoms with Crippen molar-refractivity contribution in [3.8, 4) is 0 Å². The molecule has 1 amide bonds. The third-order valence-corrected chi connectivity index (χ3v) is 4.43. The molecule has 1 unspecified atom stereocenters. The first-order valence-corrected chi connectivity index (χ1v) is 7.75. The number of benzene rings is 1. The van der Waals surface area contributed by atoms with E-state index in [1.807, 2.05) is 42.2 Å². The molecule has 7 nitrogen and oxygen atoms in total.